The van der Waals surface area contributed by atoms with Gasteiger partial charge in [-0.05, 0) is 31.4 Å². The van der Waals surface area contributed by atoms with Crippen LogP contribution in [-0.4, -0.2) is 23.8 Å². The van der Waals surface area contributed by atoms with Crippen molar-refractivity contribution in [1.82, 2.24) is 5.32 Å². The summed E-state index contributed by atoms with van der Waals surface area (Å²) in [5, 5.41) is 2.23. The number of nitrogens with one attached hydrogen (secondary N) is 1. The molecule has 0 heterocycles. The Morgan fingerprint density at radius 2 is 1.75 bits per heavy atom. The Morgan fingerprint density at radius 3 is 2.25 bits per heavy atom. The van der Waals surface area contributed by atoms with E-state index in [1.807, 2.05) is 32.0 Å². The summed E-state index contributed by atoms with van der Waals surface area (Å²) in [5.74, 6) is -2.36. The predicted octanol–water partition coefficient (Wildman–Crippen LogP) is -0.309. The minimum Gasteiger partial charge on any atom is -0.367 e. The Morgan fingerprint density at radius 1 is 1.15 bits per heavy atom. The van der Waals surface area contributed by atoms with Crippen LogP contribution in [0.3, 0.4) is 0 Å². The molecule has 5 N–H and O–H groups in total. The molecule has 0 bridgehead atoms. The number of carbonyl (C=O) groups excluding carboxylic acids is 3. The van der Waals surface area contributed by atoms with Gasteiger partial charge in [0.1, 0.15) is 0 Å². The van der Waals surface area contributed by atoms with Crippen LogP contribution in [0.2, 0.25) is 0 Å². The monoisotopic (exact) mass is 277 g/mol. The molecule has 0 aromatic heterocycles. The van der Waals surface area contributed by atoms with Crippen molar-refractivity contribution in [3.05, 3.63) is 34.9 Å². The minimum absolute atomic E-state index is 0.154. The maximum atomic E-state index is 11.7. The zero-order valence-electron chi connectivity index (χ0n) is 11.6. The van der Waals surface area contributed by atoms with E-state index >= 15 is 0 Å². The first-order chi connectivity index (χ1) is 9.31. The van der Waals surface area contributed by atoms with E-state index in [-0.39, 0.29) is 6.42 Å². The van der Waals surface area contributed by atoms with Crippen LogP contribution in [0.25, 0.3) is 0 Å². The van der Waals surface area contributed by atoms with E-state index < -0.39 is 23.8 Å². The van der Waals surface area contributed by atoms with E-state index in [9.17, 15) is 14.4 Å². The van der Waals surface area contributed by atoms with Gasteiger partial charge in [-0.15, -0.1) is 0 Å². The van der Waals surface area contributed by atoms with Gasteiger partial charge in [0.2, 0.25) is 17.7 Å². The molecule has 108 valence electrons. The minimum atomic E-state index is -1.46. The molecule has 0 unspecified atom stereocenters. The number of amides is 3. The first-order valence-corrected chi connectivity index (χ1v) is 6.25. The normalized spacial score (nSPS) is 10.3. The zero-order chi connectivity index (χ0) is 15.3. The van der Waals surface area contributed by atoms with Crippen molar-refractivity contribution >= 4 is 17.7 Å². The highest BCUT2D eigenvalue weighted by molar-refractivity contribution is 6.05. The average molecular weight is 277 g/mol. The van der Waals surface area contributed by atoms with Crippen molar-refractivity contribution in [3.8, 4) is 0 Å². The van der Waals surface area contributed by atoms with Gasteiger partial charge >= 0.3 is 0 Å². The van der Waals surface area contributed by atoms with Crippen LogP contribution >= 0.6 is 0 Å². The van der Waals surface area contributed by atoms with Gasteiger partial charge in [0, 0.05) is 6.42 Å². The zero-order valence-corrected chi connectivity index (χ0v) is 11.6. The Labute approximate surface area is 117 Å². The first-order valence-electron chi connectivity index (χ1n) is 6.25. The van der Waals surface area contributed by atoms with E-state index in [1.165, 1.54) is 0 Å². The van der Waals surface area contributed by atoms with Gasteiger partial charge in [-0.3, -0.25) is 14.4 Å². The van der Waals surface area contributed by atoms with Crippen molar-refractivity contribution < 1.29 is 14.4 Å². The fraction of sp³-hybridized carbons (Fsp3) is 0.357. The Balaban J connectivity index is 2.59. The summed E-state index contributed by atoms with van der Waals surface area (Å²) >= 11 is 0. The molecule has 0 radical (unpaired) electrons. The third kappa shape index (κ3) is 4.38. The van der Waals surface area contributed by atoms with Gasteiger partial charge in [0.15, 0.2) is 6.04 Å². The van der Waals surface area contributed by atoms with Crippen molar-refractivity contribution in [3.63, 3.8) is 0 Å². The number of primary amides is 2. The third-order valence-corrected chi connectivity index (χ3v) is 2.99. The Hall–Kier alpha value is -2.37. The van der Waals surface area contributed by atoms with Gasteiger partial charge in [-0.25, -0.2) is 0 Å². The van der Waals surface area contributed by atoms with Crippen LogP contribution in [-0.2, 0) is 20.8 Å². The van der Waals surface area contributed by atoms with E-state index in [0.717, 1.165) is 16.7 Å². The van der Waals surface area contributed by atoms with Crippen LogP contribution in [0.5, 0.6) is 0 Å². The molecule has 0 saturated carbocycles. The number of benzene rings is 1. The highest BCUT2D eigenvalue weighted by Crippen LogP contribution is 2.12. The van der Waals surface area contributed by atoms with E-state index in [0.29, 0.717) is 6.42 Å². The molecular formula is C14H19N3O3. The van der Waals surface area contributed by atoms with E-state index in [2.05, 4.69) is 5.32 Å². The van der Waals surface area contributed by atoms with Gasteiger partial charge in [0.05, 0.1) is 0 Å². The lowest BCUT2D eigenvalue weighted by molar-refractivity contribution is -0.133. The lowest BCUT2D eigenvalue weighted by Gasteiger charge is -2.12. The first kappa shape index (κ1) is 15.7. The van der Waals surface area contributed by atoms with Crippen LogP contribution in [0.4, 0.5) is 0 Å². The Bertz CT molecular complexity index is 526. The largest absolute Gasteiger partial charge is 0.367 e. The molecule has 0 aliphatic carbocycles. The summed E-state index contributed by atoms with van der Waals surface area (Å²) in [6.07, 6.45) is 0.670. The molecule has 1 rings (SSSR count). The van der Waals surface area contributed by atoms with Gasteiger partial charge < -0.3 is 16.8 Å². The number of aryl methyl sites for hydroxylation is 3. The summed E-state index contributed by atoms with van der Waals surface area (Å²) in [4.78, 5) is 33.6. The van der Waals surface area contributed by atoms with Crippen molar-refractivity contribution in [2.75, 3.05) is 0 Å². The van der Waals surface area contributed by atoms with Crippen LogP contribution in [0, 0.1) is 13.8 Å². The van der Waals surface area contributed by atoms with Crippen molar-refractivity contribution in [2.24, 2.45) is 11.5 Å². The summed E-state index contributed by atoms with van der Waals surface area (Å²) in [7, 11) is 0. The number of carbonyl (C=O) groups is 3. The third-order valence-electron chi connectivity index (χ3n) is 2.99. The second kappa shape index (κ2) is 6.70. The fourth-order valence-electron chi connectivity index (χ4n) is 1.89. The molecule has 1 aromatic carbocycles. The lowest BCUT2D eigenvalue weighted by atomic mass is 10.0. The summed E-state index contributed by atoms with van der Waals surface area (Å²) in [5.41, 5.74) is 13.2. The van der Waals surface area contributed by atoms with Crippen molar-refractivity contribution in [1.29, 1.82) is 0 Å². The van der Waals surface area contributed by atoms with Crippen LogP contribution < -0.4 is 16.8 Å². The molecule has 20 heavy (non-hydrogen) atoms. The van der Waals surface area contributed by atoms with Crippen molar-refractivity contribution in [2.45, 2.75) is 32.7 Å². The number of hydrogen-bond donors (Lipinski definition) is 3. The van der Waals surface area contributed by atoms with Gasteiger partial charge in [-0.1, -0.05) is 23.8 Å². The molecule has 1 aromatic rings. The fourth-order valence-corrected chi connectivity index (χ4v) is 1.89. The van der Waals surface area contributed by atoms with E-state index in [4.69, 9.17) is 11.5 Å². The second-order valence-electron chi connectivity index (χ2n) is 4.74. The molecule has 0 spiro atoms. The molecule has 0 aliphatic rings. The maximum absolute atomic E-state index is 11.7. The lowest BCUT2D eigenvalue weighted by Crippen LogP contribution is -2.52. The van der Waals surface area contributed by atoms with E-state index in [1.54, 1.807) is 0 Å². The number of rotatable bonds is 6. The summed E-state index contributed by atoms with van der Waals surface area (Å²) in [6, 6.07) is 4.50. The molecule has 0 saturated heterocycles. The summed E-state index contributed by atoms with van der Waals surface area (Å²) in [6.45, 7) is 3.96. The maximum Gasteiger partial charge on any atom is 0.249 e. The molecule has 0 aliphatic heterocycles. The SMILES string of the molecule is Cc1ccc(CCC(=O)NC(C(N)=O)C(N)=O)c(C)c1. The summed E-state index contributed by atoms with van der Waals surface area (Å²) < 4.78 is 0. The molecular weight excluding hydrogens is 258 g/mol. The van der Waals surface area contributed by atoms with Crippen LogP contribution in [0.15, 0.2) is 18.2 Å². The average Bonchev–Trinajstić information content (AvgIpc) is 2.34. The second-order valence-corrected chi connectivity index (χ2v) is 4.74. The number of hydrogen-bond acceptors (Lipinski definition) is 3. The highest BCUT2D eigenvalue weighted by Gasteiger charge is 2.23. The Kier molecular flexibility index (Phi) is 5.25. The predicted molar refractivity (Wildman–Crippen MR) is 74.6 cm³/mol. The molecule has 0 atom stereocenters. The van der Waals surface area contributed by atoms with Gasteiger partial charge in [0.25, 0.3) is 0 Å². The molecule has 0 fully saturated rings. The van der Waals surface area contributed by atoms with Gasteiger partial charge in [-0.2, -0.15) is 0 Å². The highest BCUT2D eigenvalue weighted by atomic mass is 16.2. The van der Waals surface area contributed by atoms with Crippen LogP contribution in [0.1, 0.15) is 23.1 Å². The number of nitrogens with two attached hydrogens (primary N) is 2. The standard InChI is InChI=1S/C14H19N3O3/c1-8-3-4-10(9(2)7-8)5-6-11(18)17-12(13(15)19)14(16)20/h3-4,7,12H,5-6H2,1-2H3,(H2,15,19)(H2,16,20)(H,17,18). The topological polar surface area (TPSA) is 115 Å². The molecule has 3 amide bonds. The smallest absolute Gasteiger partial charge is 0.249 e. The quantitative estimate of drug-likeness (QED) is 0.619. The molecule has 6 heteroatoms. The molecule has 6 nitrogen and oxygen atoms in total.